The topological polar surface area (TPSA) is 3.24 Å². The Morgan fingerprint density at radius 2 is 1.00 bits per heavy atom. The smallest absolute Gasteiger partial charge is 0.0490 e. The molecule has 0 saturated heterocycles. The molecule has 0 aliphatic carbocycles. The maximum Gasteiger partial charge on any atom is 0.0490 e. The van der Waals surface area contributed by atoms with Gasteiger partial charge < -0.3 is 4.90 Å². The molecule has 0 aromatic heterocycles. The number of hydrogen-bond donors (Lipinski definition) is 0. The molecule has 4 rings (SSSR count). The highest BCUT2D eigenvalue weighted by Crippen LogP contribution is 2.38. The van der Waals surface area contributed by atoms with Crippen molar-refractivity contribution >= 4 is 45.1 Å². The molecule has 1 nitrogen and oxygen atoms in total. The summed E-state index contributed by atoms with van der Waals surface area (Å²) in [7, 11) is 0. The molecule has 0 fully saturated rings. The second-order valence-corrected chi connectivity index (χ2v) is 8.30. The van der Waals surface area contributed by atoms with Crippen LogP contribution >= 0.6 is 15.9 Å². The Bertz CT molecular complexity index is 1110. The van der Waals surface area contributed by atoms with Gasteiger partial charge in [0.1, 0.15) is 0 Å². The van der Waals surface area contributed by atoms with Gasteiger partial charge in [0.05, 0.1) is 0 Å². The van der Waals surface area contributed by atoms with Crippen molar-refractivity contribution in [3.63, 3.8) is 0 Å². The van der Waals surface area contributed by atoms with E-state index in [9.17, 15) is 0 Å². The molecule has 30 heavy (non-hydrogen) atoms. The molecule has 0 heterocycles. The van der Waals surface area contributed by atoms with Crippen molar-refractivity contribution in [2.45, 2.75) is 13.8 Å². The molecule has 0 atom stereocenters. The van der Waals surface area contributed by atoms with Gasteiger partial charge in [0.15, 0.2) is 0 Å². The fourth-order valence-corrected chi connectivity index (χ4v) is 3.80. The first kappa shape index (κ1) is 20.2. The molecule has 148 valence electrons. The molecule has 0 saturated carbocycles. The van der Waals surface area contributed by atoms with E-state index in [0.717, 1.165) is 10.2 Å². The molecule has 0 aliphatic heterocycles. The zero-order chi connectivity index (χ0) is 20.9. The van der Waals surface area contributed by atoms with E-state index in [1.165, 1.54) is 33.6 Å². The van der Waals surface area contributed by atoms with Crippen LogP contribution in [-0.2, 0) is 0 Å². The molecular formula is C28H24BrN. The Balaban J connectivity index is 1.69. The second kappa shape index (κ2) is 9.15. The maximum absolute atomic E-state index is 3.48. The van der Waals surface area contributed by atoms with Crippen LogP contribution in [0.15, 0.2) is 102 Å². The third-order valence-corrected chi connectivity index (χ3v) is 5.73. The number of aryl methyl sites for hydroxylation is 2. The summed E-state index contributed by atoms with van der Waals surface area (Å²) in [4.78, 5) is 2.34. The summed E-state index contributed by atoms with van der Waals surface area (Å²) < 4.78 is 1.09. The maximum atomic E-state index is 3.48. The monoisotopic (exact) mass is 453 g/mol. The Morgan fingerprint density at radius 3 is 1.47 bits per heavy atom. The molecule has 0 unspecified atom stereocenters. The van der Waals surface area contributed by atoms with Crippen LogP contribution in [0.4, 0.5) is 17.1 Å². The van der Waals surface area contributed by atoms with Gasteiger partial charge in [-0.25, -0.2) is 0 Å². The molecule has 0 N–H and O–H groups in total. The van der Waals surface area contributed by atoms with Crippen LogP contribution in [0.1, 0.15) is 22.3 Å². The van der Waals surface area contributed by atoms with Gasteiger partial charge >= 0.3 is 0 Å². The number of halogens is 1. The fraction of sp³-hybridized carbons (Fsp3) is 0.0714. The zero-order valence-electron chi connectivity index (χ0n) is 17.2. The largest absolute Gasteiger partial charge is 0.310 e. The fourth-order valence-electron chi connectivity index (χ4n) is 3.54. The third-order valence-electron chi connectivity index (χ3n) is 5.20. The molecule has 2 heteroatoms. The van der Waals surface area contributed by atoms with Gasteiger partial charge in [-0.3, -0.25) is 0 Å². The van der Waals surface area contributed by atoms with Gasteiger partial charge in [0, 0.05) is 21.5 Å². The van der Waals surface area contributed by atoms with E-state index in [2.05, 4.69) is 144 Å². The van der Waals surface area contributed by atoms with Crippen LogP contribution in [-0.4, -0.2) is 0 Å². The van der Waals surface area contributed by atoms with E-state index in [-0.39, 0.29) is 0 Å². The van der Waals surface area contributed by atoms with E-state index in [1.807, 2.05) is 0 Å². The molecule has 0 spiro atoms. The first-order valence-corrected chi connectivity index (χ1v) is 10.9. The Morgan fingerprint density at radius 1 is 0.567 bits per heavy atom. The summed E-state index contributed by atoms with van der Waals surface area (Å²) in [5.41, 5.74) is 8.41. The van der Waals surface area contributed by atoms with Crippen molar-refractivity contribution in [2.24, 2.45) is 0 Å². The molecule has 4 aromatic rings. The molecule has 0 amide bonds. The minimum atomic E-state index is 1.09. The third kappa shape index (κ3) is 4.55. The standard InChI is InChI=1S/C28H24BrN/c1-21-7-3-5-9-27(21)30(28-10-6-4-8-22(28)2)26-19-15-24(16-20-26)12-11-23-13-17-25(29)18-14-23/h3-20H,1-2H3. The number of anilines is 3. The lowest BCUT2D eigenvalue weighted by Gasteiger charge is -2.28. The van der Waals surface area contributed by atoms with Crippen molar-refractivity contribution in [3.8, 4) is 0 Å². The summed E-state index contributed by atoms with van der Waals surface area (Å²) in [5, 5.41) is 0. The zero-order valence-corrected chi connectivity index (χ0v) is 18.8. The second-order valence-electron chi connectivity index (χ2n) is 7.38. The Hall–Kier alpha value is -3.10. The predicted octanol–water partition coefficient (Wildman–Crippen LogP) is 8.71. The van der Waals surface area contributed by atoms with Crippen molar-refractivity contribution in [2.75, 3.05) is 4.90 Å². The van der Waals surface area contributed by atoms with E-state index < -0.39 is 0 Å². The number of para-hydroxylation sites is 2. The van der Waals surface area contributed by atoms with Crippen LogP contribution in [0.5, 0.6) is 0 Å². The van der Waals surface area contributed by atoms with Gasteiger partial charge in [-0.1, -0.05) is 88.7 Å². The highest BCUT2D eigenvalue weighted by Gasteiger charge is 2.15. The quantitative estimate of drug-likeness (QED) is 0.273. The van der Waals surface area contributed by atoms with Crippen molar-refractivity contribution in [3.05, 3.63) is 124 Å². The lowest BCUT2D eigenvalue weighted by atomic mass is 10.1. The number of hydrogen-bond acceptors (Lipinski definition) is 1. The van der Waals surface area contributed by atoms with Crippen LogP contribution in [0.3, 0.4) is 0 Å². The molecule has 0 bridgehead atoms. The van der Waals surface area contributed by atoms with Gasteiger partial charge in [-0.2, -0.15) is 0 Å². The minimum Gasteiger partial charge on any atom is -0.310 e. The van der Waals surface area contributed by atoms with E-state index in [0.29, 0.717) is 0 Å². The summed E-state index contributed by atoms with van der Waals surface area (Å²) in [6, 6.07) is 34.1. The average Bonchev–Trinajstić information content (AvgIpc) is 2.77. The van der Waals surface area contributed by atoms with Gasteiger partial charge in [-0.05, 0) is 72.5 Å². The normalized spacial score (nSPS) is 11.0. The summed E-state index contributed by atoms with van der Waals surface area (Å²) in [6.45, 7) is 4.33. The molecule has 0 radical (unpaired) electrons. The van der Waals surface area contributed by atoms with Gasteiger partial charge in [0.25, 0.3) is 0 Å². The summed E-state index contributed by atoms with van der Waals surface area (Å²) >= 11 is 3.48. The van der Waals surface area contributed by atoms with Crippen LogP contribution in [0.2, 0.25) is 0 Å². The summed E-state index contributed by atoms with van der Waals surface area (Å²) in [6.07, 6.45) is 4.29. The van der Waals surface area contributed by atoms with E-state index in [4.69, 9.17) is 0 Å². The van der Waals surface area contributed by atoms with Gasteiger partial charge in [-0.15, -0.1) is 0 Å². The Labute approximate surface area is 187 Å². The number of benzene rings is 4. The van der Waals surface area contributed by atoms with Crippen molar-refractivity contribution in [1.29, 1.82) is 0 Å². The number of nitrogens with zero attached hydrogens (tertiary/aromatic N) is 1. The lowest BCUT2D eigenvalue weighted by Crippen LogP contribution is -2.12. The van der Waals surface area contributed by atoms with Crippen LogP contribution < -0.4 is 4.90 Å². The van der Waals surface area contributed by atoms with Crippen LogP contribution in [0, 0.1) is 13.8 Å². The summed E-state index contributed by atoms with van der Waals surface area (Å²) in [5.74, 6) is 0. The molecule has 4 aromatic carbocycles. The first-order valence-electron chi connectivity index (χ1n) is 10.1. The SMILES string of the molecule is Cc1ccccc1N(c1ccc(C=Cc2ccc(Br)cc2)cc1)c1ccccc1C. The Kier molecular flexibility index (Phi) is 6.15. The molecule has 0 aliphatic rings. The predicted molar refractivity (Wildman–Crippen MR) is 134 cm³/mol. The van der Waals surface area contributed by atoms with Gasteiger partial charge in [0.2, 0.25) is 0 Å². The van der Waals surface area contributed by atoms with Crippen molar-refractivity contribution < 1.29 is 0 Å². The number of rotatable bonds is 5. The van der Waals surface area contributed by atoms with E-state index >= 15 is 0 Å². The first-order chi connectivity index (χ1) is 14.6. The average molecular weight is 454 g/mol. The molecular weight excluding hydrogens is 430 g/mol. The van der Waals surface area contributed by atoms with E-state index in [1.54, 1.807) is 0 Å². The lowest BCUT2D eigenvalue weighted by molar-refractivity contribution is 1.22. The highest BCUT2D eigenvalue weighted by atomic mass is 79.9. The minimum absolute atomic E-state index is 1.09. The van der Waals surface area contributed by atoms with Crippen molar-refractivity contribution in [1.82, 2.24) is 0 Å². The highest BCUT2D eigenvalue weighted by molar-refractivity contribution is 9.10. The van der Waals surface area contributed by atoms with Crippen LogP contribution in [0.25, 0.3) is 12.2 Å².